The highest BCUT2D eigenvalue weighted by molar-refractivity contribution is 6.74. The Morgan fingerprint density at radius 1 is 1.33 bits per heavy atom. The molecule has 3 atom stereocenters. The van der Waals surface area contributed by atoms with Crippen LogP contribution in [0.4, 0.5) is 4.79 Å². The normalized spacial score (nSPS) is 26.1. The molecule has 1 saturated carbocycles. The van der Waals surface area contributed by atoms with E-state index in [9.17, 15) is 15.1 Å². The standard InChI is InChI=1S/C19H39N3O4Si/c1-17(2,3)14(21-16(23)24)19(15(20)22-25)10-9-13(11-19)12-26-27(7,8)18(4,5)6/h13-14,21,25H,9-12H2,1-8H3,(H2,20,22)(H,23,24). The molecule has 0 saturated heterocycles. The largest absolute Gasteiger partial charge is 0.465 e. The molecule has 27 heavy (non-hydrogen) atoms. The highest BCUT2D eigenvalue weighted by atomic mass is 28.4. The molecule has 7 nitrogen and oxygen atoms in total. The third-order valence-electron chi connectivity index (χ3n) is 6.44. The SMILES string of the molecule is CC(C)(C)C(NC(=O)O)C1(C(N)=NO)CCC(CO[Si](C)(C)C(C)(C)C)C1. The van der Waals surface area contributed by atoms with Gasteiger partial charge in [0, 0.05) is 12.6 Å². The quantitative estimate of drug-likeness (QED) is 0.175. The van der Waals surface area contributed by atoms with Crippen molar-refractivity contribution in [3.05, 3.63) is 0 Å². The van der Waals surface area contributed by atoms with Crippen LogP contribution in [0, 0.1) is 16.7 Å². The highest BCUT2D eigenvalue weighted by Gasteiger charge is 2.53. The van der Waals surface area contributed by atoms with Crippen LogP contribution in [-0.4, -0.2) is 43.2 Å². The zero-order valence-electron chi connectivity index (χ0n) is 18.2. The maximum absolute atomic E-state index is 11.4. The van der Waals surface area contributed by atoms with Crippen molar-refractivity contribution in [2.24, 2.45) is 27.6 Å². The Bertz CT molecular complexity index is 566. The lowest BCUT2D eigenvalue weighted by Crippen LogP contribution is -2.58. The van der Waals surface area contributed by atoms with E-state index in [-0.39, 0.29) is 22.2 Å². The number of oxime groups is 1. The summed E-state index contributed by atoms with van der Waals surface area (Å²) in [5.41, 5.74) is 5.03. The fourth-order valence-electron chi connectivity index (χ4n) is 3.92. The fraction of sp³-hybridized carbons (Fsp3) is 0.895. The molecule has 1 aliphatic rings. The maximum Gasteiger partial charge on any atom is 0.404 e. The van der Waals surface area contributed by atoms with Crippen molar-refractivity contribution in [3.8, 4) is 0 Å². The van der Waals surface area contributed by atoms with E-state index in [4.69, 9.17) is 10.2 Å². The molecule has 0 heterocycles. The van der Waals surface area contributed by atoms with E-state index in [1.807, 2.05) is 20.8 Å². The number of amides is 1. The van der Waals surface area contributed by atoms with Gasteiger partial charge in [0.05, 0.1) is 5.41 Å². The second kappa shape index (κ2) is 7.99. The maximum atomic E-state index is 11.4. The second-order valence-corrected chi connectivity index (χ2v) is 15.4. The molecule has 1 amide bonds. The third kappa shape index (κ3) is 5.37. The van der Waals surface area contributed by atoms with Crippen molar-refractivity contribution >= 4 is 20.2 Å². The van der Waals surface area contributed by atoms with Gasteiger partial charge in [0.1, 0.15) is 5.84 Å². The van der Waals surface area contributed by atoms with Crippen LogP contribution in [0.5, 0.6) is 0 Å². The van der Waals surface area contributed by atoms with E-state index in [1.54, 1.807) is 0 Å². The lowest BCUT2D eigenvalue weighted by Gasteiger charge is -2.44. The van der Waals surface area contributed by atoms with Crippen molar-refractivity contribution in [1.29, 1.82) is 0 Å². The minimum Gasteiger partial charge on any atom is -0.465 e. The van der Waals surface area contributed by atoms with Gasteiger partial charge in [-0.3, -0.25) is 0 Å². The first-order chi connectivity index (χ1) is 12.1. The Balaban J connectivity index is 3.08. The summed E-state index contributed by atoms with van der Waals surface area (Å²) in [6, 6.07) is -0.462. The lowest BCUT2D eigenvalue weighted by molar-refractivity contribution is 0.123. The lowest BCUT2D eigenvalue weighted by atomic mass is 9.66. The Kier molecular flexibility index (Phi) is 7.03. The summed E-state index contributed by atoms with van der Waals surface area (Å²) in [4.78, 5) is 11.4. The van der Waals surface area contributed by atoms with Crippen LogP contribution >= 0.6 is 0 Å². The minimum atomic E-state index is -1.86. The Labute approximate surface area is 164 Å². The molecule has 0 radical (unpaired) electrons. The smallest absolute Gasteiger partial charge is 0.404 e. The predicted octanol–water partition coefficient (Wildman–Crippen LogP) is 4.22. The number of rotatable bonds is 6. The predicted molar refractivity (Wildman–Crippen MR) is 111 cm³/mol. The number of hydrogen-bond donors (Lipinski definition) is 4. The average Bonchev–Trinajstić information content (AvgIpc) is 2.92. The average molecular weight is 402 g/mol. The van der Waals surface area contributed by atoms with E-state index in [1.165, 1.54) is 0 Å². The summed E-state index contributed by atoms with van der Waals surface area (Å²) in [5.74, 6) is 0.353. The van der Waals surface area contributed by atoms with Crippen LogP contribution in [0.15, 0.2) is 5.16 Å². The molecule has 0 aromatic rings. The van der Waals surface area contributed by atoms with Gasteiger partial charge in [0.2, 0.25) is 0 Å². The number of amidine groups is 1. The number of carboxylic acid groups (broad SMARTS) is 1. The van der Waals surface area contributed by atoms with Crippen molar-refractivity contribution in [2.75, 3.05) is 6.61 Å². The van der Waals surface area contributed by atoms with E-state index in [0.29, 0.717) is 19.4 Å². The summed E-state index contributed by atoms with van der Waals surface area (Å²) < 4.78 is 6.39. The van der Waals surface area contributed by atoms with Crippen molar-refractivity contribution in [1.82, 2.24) is 5.32 Å². The van der Waals surface area contributed by atoms with Gasteiger partial charge in [-0.05, 0) is 48.7 Å². The summed E-state index contributed by atoms with van der Waals surface area (Å²) in [5, 5.41) is 24.9. The van der Waals surface area contributed by atoms with Crippen LogP contribution in [0.3, 0.4) is 0 Å². The van der Waals surface area contributed by atoms with Gasteiger partial charge in [-0.2, -0.15) is 0 Å². The zero-order valence-corrected chi connectivity index (χ0v) is 19.2. The molecular weight excluding hydrogens is 362 g/mol. The molecule has 0 aliphatic heterocycles. The molecule has 5 N–H and O–H groups in total. The number of nitrogens with one attached hydrogen (secondary N) is 1. The molecule has 8 heteroatoms. The van der Waals surface area contributed by atoms with Crippen LogP contribution in [-0.2, 0) is 4.43 Å². The minimum absolute atomic E-state index is 0.103. The van der Waals surface area contributed by atoms with Crippen LogP contribution < -0.4 is 11.1 Å². The molecule has 0 aromatic carbocycles. The number of nitrogens with zero attached hydrogens (tertiary/aromatic N) is 1. The summed E-state index contributed by atoms with van der Waals surface area (Å²) in [7, 11) is -1.86. The first-order valence-corrected chi connectivity index (χ1v) is 12.6. The summed E-state index contributed by atoms with van der Waals surface area (Å²) in [6.07, 6.45) is 1.07. The van der Waals surface area contributed by atoms with E-state index < -0.39 is 25.9 Å². The highest BCUT2D eigenvalue weighted by Crippen LogP contribution is 2.50. The number of carbonyl (C=O) groups is 1. The third-order valence-corrected chi connectivity index (χ3v) is 10.9. The summed E-state index contributed by atoms with van der Waals surface area (Å²) in [6.45, 7) is 17.6. The second-order valence-electron chi connectivity index (χ2n) is 10.6. The van der Waals surface area contributed by atoms with E-state index in [2.05, 4.69) is 44.3 Å². The molecule has 0 spiro atoms. The zero-order chi connectivity index (χ0) is 21.3. The van der Waals surface area contributed by atoms with E-state index in [0.717, 1.165) is 6.42 Å². The van der Waals surface area contributed by atoms with Gasteiger partial charge in [0.25, 0.3) is 0 Å². The topological polar surface area (TPSA) is 117 Å². The Morgan fingerprint density at radius 3 is 2.30 bits per heavy atom. The van der Waals surface area contributed by atoms with Crippen LogP contribution in [0.25, 0.3) is 0 Å². The Hall–Kier alpha value is -1.28. The van der Waals surface area contributed by atoms with Gasteiger partial charge in [-0.15, -0.1) is 0 Å². The molecule has 3 unspecified atom stereocenters. The summed E-state index contributed by atoms with van der Waals surface area (Å²) >= 11 is 0. The number of nitrogens with two attached hydrogens (primary N) is 1. The number of hydrogen-bond acceptors (Lipinski definition) is 4. The molecule has 0 bridgehead atoms. The van der Waals surface area contributed by atoms with Crippen molar-refractivity contribution in [3.63, 3.8) is 0 Å². The van der Waals surface area contributed by atoms with Crippen LogP contribution in [0.1, 0.15) is 60.8 Å². The van der Waals surface area contributed by atoms with Crippen LogP contribution in [0.2, 0.25) is 18.1 Å². The van der Waals surface area contributed by atoms with Crippen molar-refractivity contribution in [2.45, 2.75) is 85.0 Å². The van der Waals surface area contributed by atoms with Gasteiger partial charge in [0.15, 0.2) is 8.32 Å². The van der Waals surface area contributed by atoms with E-state index >= 15 is 0 Å². The molecule has 0 aromatic heterocycles. The van der Waals surface area contributed by atoms with Gasteiger partial charge >= 0.3 is 6.09 Å². The fourth-order valence-corrected chi connectivity index (χ4v) is 5.00. The molecule has 1 rings (SSSR count). The molecular formula is C19H39N3O4Si. The monoisotopic (exact) mass is 401 g/mol. The van der Waals surface area contributed by atoms with Gasteiger partial charge in [-0.25, -0.2) is 4.79 Å². The Morgan fingerprint density at radius 2 is 1.89 bits per heavy atom. The molecule has 1 aliphatic carbocycles. The molecule has 1 fully saturated rings. The first-order valence-electron chi connectivity index (χ1n) is 9.68. The molecule has 158 valence electrons. The van der Waals surface area contributed by atoms with Crippen molar-refractivity contribution < 1.29 is 19.5 Å². The first kappa shape index (κ1) is 23.8. The van der Waals surface area contributed by atoms with Gasteiger partial charge in [-0.1, -0.05) is 46.7 Å². The van der Waals surface area contributed by atoms with Gasteiger partial charge < -0.3 is 25.8 Å².